The number of aliphatic hydroxyl groups excluding tert-OH is 1. The summed E-state index contributed by atoms with van der Waals surface area (Å²) in [6.07, 6.45) is 1.64. The van der Waals surface area contributed by atoms with E-state index in [0.29, 0.717) is 6.61 Å². The Labute approximate surface area is 103 Å². The van der Waals surface area contributed by atoms with Crippen LogP contribution in [0.2, 0.25) is 0 Å². The maximum absolute atomic E-state index is 13.5. The van der Waals surface area contributed by atoms with Crippen LogP contribution in [0.4, 0.5) is 13.2 Å². The molecule has 1 aliphatic heterocycles. The fourth-order valence-corrected chi connectivity index (χ4v) is 2.17. The predicted molar refractivity (Wildman–Crippen MR) is 59.5 cm³/mol. The van der Waals surface area contributed by atoms with Crippen LogP contribution in [-0.2, 0) is 4.74 Å². The van der Waals surface area contributed by atoms with Gasteiger partial charge >= 0.3 is 0 Å². The van der Waals surface area contributed by atoms with E-state index in [1.54, 1.807) is 0 Å². The Bertz CT molecular complexity index is 417. The Balaban J connectivity index is 2.08. The molecule has 2 rings (SSSR count). The number of halogens is 3. The van der Waals surface area contributed by atoms with E-state index >= 15 is 0 Å². The number of benzene rings is 1. The van der Waals surface area contributed by atoms with Crippen LogP contribution in [-0.4, -0.2) is 17.8 Å². The van der Waals surface area contributed by atoms with Gasteiger partial charge in [0.1, 0.15) is 0 Å². The fraction of sp³-hybridized carbons (Fsp3) is 0.538. The molecular weight excluding hydrogens is 245 g/mol. The molecule has 0 radical (unpaired) electrons. The Morgan fingerprint density at radius 2 is 2.00 bits per heavy atom. The first-order chi connectivity index (χ1) is 8.59. The minimum absolute atomic E-state index is 0.152. The summed E-state index contributed by atoms with van der Waals surface area (Å²) in [6, 6.07) is 1.89. The molecule has 1 aromatic carbocycles. The van der Waals surface area contributed by atoms with Crippen molar-refractivity contribution in [3.05, 3.63) is 35.1 Å². The number of hydrogen-bond donors (Lipinski definition) is 1. The predicted octanol–water partition coefficient (Wildman–Crippen LogP) is 3.10. The van der Waals surface area contributed by atoms with Crippen LogP contribution in [0.5, 0.6) is 0 Å². The quantitative estimate of drug-likeness (QED) is 0.846. The van der Waals surface area contributed by atoms with Crippen LogP contribution < -0.4 is 0 Å². The minimum Gasteiger partial charge on any atom is -0.388 e. The SMILES string of the molecule is OC(CC1CCCCO1)c1ccc(F)c(F)c1F. The van der Waals surface area contributed by atoms with Crippen molar-refractivity contribution in [3.8, 4) is 0 Å². The lowest BCUT2D eigenvalue weighted by atomic mass is 9.98. The molecule has 1 aromatic rings. The summed E-state index contributed by atoms with van der Waals surface area (Å²) in [6.45, 7) is 0.623. The molecule has 0 spiro atoms. The highest BCUT2D eigenvalue weighted by Crippen LogP contribution is 2.27. The van der Waals surface area contributed by atoms with Crippen LogP contribution in [0.25, 0.3) is 0 Å². The van der Waals surface area contributed by atoms with E-state index in [1.165, 1.54) is 0 Å². The highest BCUT2D eigenvalue weighted by atomic mass is 19.2. The van der Waals surface area contributed by atoms with Crippen molar-refractivity contribution >= 4 is 0 Å². The highest BCUT2D eigenvalue weighted by molar-refractivity contribution is 5.22. The third kappa shape index (κ3) is 2.84. The third-order valence-corrected chi connectivity index (χ3v) is 3.18. The van der Waals surface area contributed by atoms with Gasteiger partial charge in [0.25, 0.3) is 0 Å². The molecule has 1 heterocycles. The zero-order valence-electron chi connectivity index (χ0n) is 9.83. The van der Waals surface area contributed by atoms with Gasteiger partial charge in [0.15, 0.2) is 17.5 Å². The minimum atomic E-state index is -1.55. The first-order valence-electron chi connectivity index (χ1n) is 6.02. The van der Waals surface area contributed by atoms with Crippen LogP contribution in [0.1, 0.15) is 37.4 Å². The number of hydrogen-bond acceptors (Lipinski definition) is 2. The molecule has 0 aromatic heterocycles. The van der Waals surface area contributed by atoms with Gasteiger partial charge in [-0.2, -0.15) is 0 Å². The Morgan fingerprint density at radius 1 is 1.22 bits per heavy atom. The Hall–Kier alpha value is -1.07. The molecule has 1 fully saturated rings. The van der Waals surface area contributed by atoms with Crippen molar-refractivity contribution < 1.29 is 23.0 Å². The lowest BCUT2D eigenvalue weighted by Crippen LogP contribution is -2.22. The van der Waals surface area contributed by atoms with Gasteiger partial charge in [0.05, 0.1) is 12.2 Å². The number of rotatable bonds is 3. The number of aliphatic hydroxyl groups is 1. The smallest absolute Gasteiger partial charge is 0.194 e. The molecule has 0 bridgehead atoms. The van der Waals surface area contributed by atoms with Crippen LogP contribution >= 0.6 is 0 Å². The maximum atomic E-state index is 13.5. The fourth-order valence-electron chi connectivity index (χ4n) is 2.17. The van der Waals surface area contributed by atoms with Crippen LogP contribution in [0.15, 0.2) is 12.1 Å². The average molecular weight is 260 g/mol. The molecule has 2 atom stereocenters. The van der Waals surface area contributed by atoms with Crippen molar-refractivity contribution in [2.24, 2.45) is 0 Å². The molecule has 18 heavy (non-hydrogen) atoms. The zero-order valence-corrected chi connectivity index (χ0v) is 9.83. The third-order valence-electron chi connectivity index (χ3n) is 3.18. The van der Waals surface area contributed by atoms with Crippen LogP contribution in [0, 0.1) is 17.5 Å². The van der Waals surface area contributed by atoms with Crippen molar-refractivity contribution in [1.82, 2.24) is 0 Å². The van der Waals surface area contributed by atoms with Gasteiger partial charge in [0, 0.05) is 18.6 Å². The second kappa shape index (κ2) is 5.71. The first kappa shape index (κ1) is 13.4. The molecule has 0 aliphatic carbocycles. The molecule has 100 valence electrons. The molecule has 2 nitrogen and oxygen atoms in total. The van der Waals surface area contributed by atoms with Gasteiger partial charge in [-0.05, 0) is 25.3 Å². The molecule has 0 saturated carbocycles. The Morgan fingerprint density at radius 3 is 2.67 bits per heavy atom. The van der Waals surface area contributed by atoms with Crippen molar-refractivity contribution in [2.75, 3.05) is 6.61 Å². The summed E-state index contributed by atoms with van der Waals surface area (Å²) < 4.78 is 44.7. The lowest BCUT2D eigenvalue weighted by molar-refractivity contribution is -0.0162. The summed E-state index contributed by atoms with van der Waals surface area (Å²) in [4.78, 5) is 0. The van der Waals surface area contributed by atoms with E-state index in [-0.39, 0.29) is 18.1 Å². The lowest BCUT2D eigenvalue weighted by Gasteiger charge is -2.25. The van der Waals surface area contributed by atoms with Crippen LogP contribution in [0.3, 0.4) is 0 Å². The molecule has 0 amide bonds. The van der Waals surface area contributed by atoms with Gasteiger partial charge in [-0.15, -0.1) is 0 Å². The monoisotopic (exact) mass is 260 g/mol. The second-order valence-electron chi connectivity index (χ2n) is 4.50. The standard InChI is InChI=1S/C13H15F3O2/c14-10-5-4-9(12(15)13(10)16)11(17)7-8-3-1-2-6-18-8/h4-5,8,11,17H,1-3,6-7H2. The summed E-state index contributed by atoms with van der Waals surface area (Å²) >= 11 is 0. The van der Waals surface area contributed by atoms with Crippen molar-refractivity contribution in [3.63, 3.8) is 0 Å². The summed E-state index contributed by atoms with van der Waals surface area (Å²) in [5.74, 6) is -4.12. The van der Waals surface area contributed by atoms with E-state index < -0.39 is 23.6 Å². The first-order valence-corrected chi connectivity index (χ1v) is 6.02. The van der Waals surface area contributed by atoms with E-state index in [2.05, 4.69) is 0 Å². The summed E-state index contributed by atoms with van der Waals surface area (Å²) in [5, 5.41) is 9.86. The van der Waals surface area contributed by atoms with Gasteiger partial charge < -0.3 is 9.84 Å². The molecular formula is C13H15F3O2. The van der Waals surface area contributed by atoms with E-state index in [9.17, 15) is 18.3 Å². The summed E-state index contributed by atoms with van der Waals surface area (Å²) in [7, 11) is 0. The van der Waals surface area contributed by atoms with Gasteiger partial charge in [-0.25, -0.2) is 13.2 Å². The van der Waals surface area contributed by atoms with Crippen molar-refractivity contribution in [2.45, 2.75) is 37.9 Å². The van der Waals surface area contributed by atoms with Crippen molar-refractivity contribution in [1.29, 1.82) is 0 Å². The van der Waals surface area contributed by atoms with Gasteiger partial charge in [0.2, 0.25) is 0 Å². The zero-order chi connectivity index (χ0) is 13.1. The van der Waals surface area contributed by atoms with E-state index in [0.717, 1.165) is 31.4 Å². The molecule has 2 unspecified atom stereocenters. The molecule has 1 aliphatic rings. The average Bonchev–Trinajstić information content (AvgIpc) is 2.37. The van der Waals surface area contributed by atoms with Gasteiger partial charge in [-0.1, -0.05) is 6.07 Å². The highest BCUT2D eigenvalue weighted by Gasteiger charge is 2.23. The largest absolute Gasteiger partial charge is 0.388 e. The normalized spacial score (nSPS) is 21.9. The molecule has 1 N–H and O–H groups in total. The maximum Gasteiger partial charge on any atom is 0.194 e. The molecule has 1 saturated heterocycles. The van der Waals surface area contributed by atoms with E-state index in [4.69, 9.17) is 4.74 Å². The summed E-state index contributed by atoms with van der Waals surface area (Å²) in [5.41, 5.74) is -0.219. The van der Waals surface area contributed by atoms with E-state index in [1.807, 2.05) is 0 Å². The Kier molecular flexibility index (Phi) is 4.24. The topological polar surface area (TPSA) is 29.5 Å². The second-order valence-corrected chi connectivity index (χ2v) is 4.50. The van der Waals surface area contributed by atoms with Gasteiger partial charge in [-0.3, -0.25) is 0 Å². The molecule has 5 heteroatoms. The number of ether oxygens (including phenoxy) is 1.